The van der Waals surface area contributed by atoms with E-state index in [1.807, 2.05) is 19.1 Å². The van der Waals surface area contributed by atoms with Crippen molar-refractivity contribution in [3.05, 3.63) is 56.2 Å². The normalized spacial score (nSPS) is 12.8. The molecule has 1 aromatic carbocycles. The number of hydrogen-bond donors (Lipinski definition) is 1. The molecule has 0 saturated carbocycles. The molecular weight excluding hydrogens is 238 g/mol. The van der Waals surface area contributed by atoms with Crippen LogP contribution in [0.25, 0.3) is 0 Å². The van der Waals surface area contributed by atoms with E-state index in [0.29, 0.717) is 0 Å². The maximum atomic E-state index is 6.22. The van der Waals surface area contributed by atoms with Crippen molar-refractivity contribution in [2.24, 2.45) is 5.73 Å². The van der Waals surface area contributed by atoms with Crippen LogP contribution >= 0.6 is 22.9 Å². The summed E-state index contributed by atoms with van der Waals surface area (Å²) in [6.07, 6.45) is 0. The van der Waals surface area contributed by atoms with Crippen molar-refractivity contribution in [2.75, 3.05) is 0 Å². The molecule has 1 nitrogen and oxygen atoms in total. The maximum absolute atomic E-state index is 6.22. The molecule has 0 aliphatic heterocycles. The molecule has 2 rings (SSSR count). The van der Waals surface area contributed by atoms with E-state index in [2.05, 4.69) is 25.1 Å². The summed E-state index contributed by atoms with van der Waals surface area (Å²) in [6.45, 7) is 4.12. The average Bonchev–Trinajstić information content (AvgIpc) is 2.62. The molecular formula is C13H14ClNS. The highest BCUT2D eigenvalue weighted by Gasteiger charge is 2.11. The smallest absolute Gasteiger partial charge is 0.0646 e. The molecule has 84 valence electrons. The minimum absolute atomic E-state index is 0.0731. The van der Waals surface area contributed by atoms with Gasteiger partial charge in [-0.1, -0.05) is 17.7 Å². The second kappa shape index (κ2) is 4.58. The molecule has 0 bridgehead atoms. The Labute approximate surface area is 105 Å². The van der Waals surface area contributed by atoms with E-state index in [0.717, 1.165) is 16.1 Å². The van der Waals surface area contributed by atoms with Gasteiger partial charge in [-0.25, -0.2) is 0 Å². The van der Waals surface area contributed by atoms with Crippen molar-refractivity contribution >= 4 is 22.9 Å². The van der Waals surface area contributed by atoms with Crippen LogP contribution < -0.4 is 5.73 Å². The number of rotatable bonds is 2. The van der Waals surface area contributed by atoms with Crippen LogP contribution in [0.5, 0.6) is 0 Å². The van der Waals surface area contributed by atoms with Crippen LogP contribution in [0.15, 0.2) is 30.3 Å². The number of aryl methyl sites for hydroxylation is 2. The van der Waals surface area contributed by atoms with Gasteiger partial charge in [0.2, 0.25) is 0 Å². The monoisotopic (exact) mass is 251 g/mol. The number of halogens is 1. The summed E-state index contributed by atoms with van der Waals surface area (Å²) in [4.78, 5) is 2.46. The first-order chi connectivity index (χ1) is 7.56. The molecule has 0 saturated heterocycles. The van der Waals surface area contributed by atoms with Gasteiger partial charge in [-0.15, -0.1) is 11.3 Å². The zero-order valence-electron chi connectivity index (χ0n) is 9.33. The van der Waals surface area contributed by atoms with Gasteiger partial charge in [0.1, 0.15) is 0 Å². The van der Waals surface area contributed by atoms with Gasteiger partial charge in [0, 0.05) is 14.8 Å². The van der Waals surface area contributed by atoms with E-state index >= 15 is 0 Å². The summed E-state index contributed by atoms with van der Waals surface area (Å²) < 4.78 is 0. The zero-order valence-corrected chi connectivity index (χ0v) is 10.9. The summed E-state index contributed by atoms with van der Waals surface area (Å²) in [5.41, 5.74) is 8.44. The van der Waals surface area contributed by atoms with E-state index in [4.69, 9.17) is 17.3 Å². The zero-order chi connectivity index (χ0) is 11.7. The first-order valence-corrected chi connectivity index (χ1v) is 6.35. The summed E-state index contributed by atoms with van der Waals surface area (Å²) in [7, 11) is 0. The predicted molar refractivity (Wildman–Crippen MR) is 71.3 cm³/mol. The fraction of sp³-hybridized carbons (Fsp3) is 0.231. The van der Waals surface area contributed by atoms with E-state index in [9.17, 15) is 0 Å². The van der Waals surface area contributed by atoms with Gasteiger partial charge < -0.3 is 5.73 Å². The molecule has 3 heteroatoms. The second-order valence-corrected chi connectivity index (χ2v) is 5.74. The molecule has 0 fully saturated rings. The van der Waals surface area contributed by atoms with Crippen LogP contribution in [-0.2, 0) is 0 Å². The minimum Gasteiger partial charge on any atom is -0.320 e. The molecule has 2 N–H and O–H groups in total. The third-order valence-corrected chi connectivity index (χ3v) is 3.79. The molecule has 1 heterocycles. The average molecular weight is 252 g/mol. The van der Waals surface area contributed by atoms with Gasteiger partial charge in [-0.2, -0.15) is 0 Å². The topological polar surface area (TPSA) is 26.0 Å². The lowest BCUT2D eigenvalue weighted by Crippen LogP contribution is -2.10. The van der Waals surface area contributed by atoms with Crippen LogP contribution in [-0.4, -0.2) is 0 Å². The number of thiophene rings is 1. The summed E-state index contributed by atoms with van der Waals surface area (Å²) in [5, 5.41) is 0.749. The fourth-order valence-electron chi connectivity index (χ4n) is 1.73. The van der Waals surface area contributed by atoms with Crippen LogP contribution in [0.3, 0.4) is 0 Å². The Morgan fingerprint density at radius 1 is 1.19 bits per heavy atom. The van der Waals surface area contributed by atoms with Crippen molar-refractivity contribution in [1.82, 2.24) is 0 Å². The number of benzene rings is 1. The number of nitrogens with two attached hydrogens (primary N) is 1. The van der Waals surface area contributed by atoms with Crippen molar-refractivity contribution < 1.29 is 0 Å². The molecule has 0 amide bonds. The Morgan fingerprint density at radius 3 is 2.50 bits per heavy atom. The SMILES string of the molecule is Cc1cc(Cl)cc(C(N)c2ccc(C)s2)c1. The van der Waals surface area contributed by atoms with E-state index in [1.165, 1.54) is 9.75 Å². The van der Waals surface area contributed by atoms with Gasteiger partial charge in [0.25, 0.3) is 0 Å². The Morgan fingerprint density at radius 2 is 1.94 bits per heavy atom. The van der Waals surface area contributed by atoms with Crippen LogP contribution in [0.1, 0.15) is 26.9 Å². The molecule has 0 radical (unpaired) electrons. The standard InChI is InChI=1S/C13H14ClNS/c1-8-5-10(7-11(14)6-8)13(15)12-4-3-9(2)16-12/h3-7,13H,15H2,1-2H3. The van der Waals surface area contributed by atoms with Crippen molar-refractivity contribution in [3.63, 3.8) is 0 Å². The van der Waals surface area contributed by atoms with E-state index < -0.39 is 0 Å². The molecule has 1 aromatic heterocycles. The first-order valence-electron chi connectivity index (χ1n) is 5.15. The molecule has 16 heavy (non-hydrogen) atoms. The van der Waals surface area contributed by atoms with Gasteiger partial charge in [-0.3, -0.25) is 0 Å². The first kappa shape index (κ1) is 11.6. The lowest BCUT2D eigenvalue weighted by Gasteiger charge is -2.11. The maximum Gasteiger partial charge on any atom is 0.0646 e. The fourth-order valence-corrected chi connectivity index (χ4v) is 2.93. The van der Waals surface area contributed by atoms with Gasteiger partial charge >= 0.3 is 0 Å². The summed E-state index contributed by atoms with van der Waals surface area (Å²) in [5.74, 6) is 0. The Kier molecular flexibility index (Phi) is 3.33. The molecule has 2 aromatic rings. The van der Waals surface area contributed by atoms with Crippen molar-refractivity contribution in [3.8, 4) is 0 Å². The lowest BCUT2D eigenvalue weighted by molar-refractivity contribution is 0.891. The predicted octanol–water partition coefficient (Wildman–Crippen LogP) is 4.07. The molecule has 1 unspecified atom stereocenters. The van der Waals surface area contributed by atoms with Gasteiger partial charge in [0.15, 0.2) is 0 Å². The largest absolute Gasteiger partial charge is 0.320 e. The van der Waals surface area contributed by atoms with E-state index in [-0.39, 0.29) is 6.04 Å². The summed E-state index contributed by atoms with van der Waals surface area (Å²) in [6, 6.07) is 10.1. The quantitative estimate of drug-likeness (QED) is 0.856. The van der Waals surface area contributed by atoms with Crippen molar-refractivity contribution in [1.29, 1.82) is 0 Å². The Hall–Kier alpha value is -0.830. The highest BCUT2D eigenvalue weighted by atomic mass is 35.5. The number of hydrogen-bond acceptors (Lipinski definition) is 2. The Balaban J connectivity index is 2.37. The minimum atomic E-state index is -0.0731. The summed E-state index contributed by atoms with van der Waals surface area (Å²) >= 11 is 7.77. The van der Waals surface area contributed by atoms with Gasteiger partial charge in [-0.05, 0) is 49.2 Å². The third kappa shape index (κ3) is 2.46. The Bertz CT molecular complexity index is 484. The molecule has 0 aliphatic carbocycles. The highest BCUT2D eigenvalue weighted by molar-refractivity contribution is 7.12. The second-order valence-electron chi connectivity index (χ2n) is 3.99. The van der Waals surface area contributed by atoms with Gasteiger partial charge in [0.05, 0.1) is 6.04 Å². The van der Waals surface area contributed by atoms with Crippen LogP contribution in [0.2, 0.25) is 5.02 Å². The van der Waals surface area contributed by atoms with Crippen LogP contribution in [0, 0.1) is 13.8 Å². The van der Waals surface area contributed by atoms with Crippen LogP contribution in [0.4, 0.5) is 0 Å². The lowest BCUT2D eigenvalue weighted by atomic mass is 10.0. The third-order valence-electron chi connectivity index (χ3n) is 2.49. The molecule has 0 aliphatic rings. The highest BCUT2D eigenvalue weighted by Crippen LogP contribution is 2.28. The van der Waals surface area contributed by atoms with E-state index in [1.54, 1.807) is 11.3 Å². The molecule has 0 spiro atoms. The molecule has 1 atom stereocenters. The van der Waals surface area contributed by atoms with Crippen molar-refractivity contribution in [2.45, 2.75) is 19.9 Å².